The highest BCUT2D eigenvalue weighted by molar-refractivity contribution is 5.87. The van der Waals surface area contributed by atoms with Gasteiger partial charge >= 0.3 is 11.5 Å². The van der Waals surface area contributed by atoms with E-state index in [2.05, 4.69) is 0 Å². The molecule has 3 N–H and O–H groups in total. The van der Waals surface area contributed by atoms with Gasteiger partial charge in [0.1, 0.15) is 6.04 Å². The lowest BCUT2D eigenvalue weighted by atomic mass is 9.85. The lowest BCUT2D eigenvalue weighted by Crippen LogP contribution is -2.44. The van der Waals surface area contributed by atoms with E-state index in [0.717, 1.165) is 6.92 Å². The summed E-state index contributed by atoms with van der Waals surface area (Å²) in [5.41, 5.74) is 4.22. The molecule has 0 aromatic carbocycles. The van der Waals surface area contributed by atoms with Crippen LogP contribution < -0.4 is 5.73 Å². The summed E-state index contributed by atoms with van der Waals surface area (Å²) in [6.45, 7) is 1.16. The predicted octanol–water partition coefficient (Wildman–Crippen LogP) is 0.279. The van der Waals surface area contributed by atoms with Crippen molar-refractivity contribution in [2.45, 2.75) is 31.3 Å². The molecule has 0 spiro atoms. The van der Waals surface area contributed by atoms with Crippen molar-refractivity contribution >= 4 is 11.8 Å². The molecule has 0 amide bonds. The minimum atomic E-state index is -1.73. The Hall–Kier alpha value is -2.02. The number of allylic oxidation sites excluding steroid dienone is 1. The molecule has 0 bridgehead atoms. The van der Waals surface area contributed by atoms with Crippen LogP contribution in [0.25, 0.3) is 0 Å². The molecular weight excluding hydrogens is 240 g/mol. The number of aliphatic carboxylic acids is 1. The first-order valence-electron chi connectivity index (χ1n) is 5.32. The third-order valence-corrected chi connectivity index (χ3v) is 2.96. The number of hydrogen-bond donors (Lipinski definition) is 2. The standard InChI is InChI=1S/C11H14N2O5/c1-7(14)11(13(17)18)4-2-8(3-5-11)6-9(12)10(15)16/h2-4,9H,5-6,12H2,1H3,(H,15,16)/t9-,11?/m0/s1. The second-order valence-corrected chi connectivity index (χ2v) is 4.20. The van der Waals surface area contributed by atoms with Gasteiger partial charge in [0, 0.05) is 24.3 Å². The summed E-state index contributed by atoms with van der Waals surface area (Å²) in [5, 5.41) is 19.6. The van der Waals surface area contributed by atoms with Gasteiger partial charge < -0.3 is 10.8 Å². The van der Waals surface area contributed by atoms with Crippen LogP contribution in [-0.4, -0.2) is 33.4 Å². The summed E-state index contributed by atoms with van der Waals surface area (Å²) in [7, 11) is 0. The molecule has 0 heterocycles. The minimum Gasteiger partial charge on any atom is -0.480 e. The van der Waals surface area contributed by atoms with Crippen molar-refractivity contribution in [3.05, 3.63) is 33.9 Å². The molecule has 0 aromatic heterocycles. The van der Waals surface area contributed by atoms with Gasteiger partial charge in [0.15, 0.2) is 0 Å². The Kier molecular flexibility index (Phi) is 3.97. The molecule has 1 aliphatic carbocycles. The number of carboxylic acids is 1. The Balaban J connectivity index is 2.83. The number of nitrogens with zero attached hydrogens (tertiary/aromatic N) is 1. The zero-order valence-electron chi connectivity index (χ0n) is 9.83. The Morgan fingerprint density at radius 3 is 2.61 bits per heavy atom. The molecule has 2 atom stereocenters. The minimum absolute atomic E-state index is 0.0759. The van der Waals surface area contributed by atoms with Gasteiger partial charge in [0.25, 0.3) is 0 Å². The van der Waals surface area contributed by atoms with Crippen LogP contribution in [0.3, 0.4) is 0 Å². The summed E-state index contributed by atoms with van der Waals surface area (Å²) in [6, 6.07) is -1.05. The summed E-state index contributed by atoms with van der Waals surface area (Å²) < 4.78 is 0. The van der Waals surface area contributed by atoms with Crippen molar-refractivity contribution in [2.75, 3.05) is 0 Å². The summed E-state index contributed by atoms with van der Waals surface area (Å²) >= 11 is 0. The van der Waals surface area contributed by atoms with Gasteiger partial charge in [-0.3, -0.25) is 19.7 Å². The molecule has 0 aliphatic heterocycles. The molecule has 1 unspecified atom stereocenters. The molecule has 7 heteroatoms. The van der Waals surface area contributed by atoms with E-state index < -0.39 is 28.3 Å². The van der Waals surface area contributed by atoms with Gasteiger partial charge in [0.2, 0.25) is 5.78 Å². The van der Waals surface area contributed by atoms with E-state index in [-0.39, 0.29) is 12.8 Å². The largest absolute Gasteiger partial charge is 0.480 e. The summed E-state index contributed by atoms with van der Waals surface area (Å²) in [5.74, 6) is -1.69. The number of hydrogen-bond acceptors (Lipinski definition) is 5. The first-order valence-corrected chi connectivity index (χ1v) is 5.32. The zero-order chi connectivity index (χ0) is 13.9. The predicted molar refractivity (Wildman–Crippen MR) is 62.5 cm³/mol. The highest BCUT2D eigenvalue weighted by atomic mass is 16.6. The SMILES string of the molecule is CC(=O)C1([N+](=O)[O-])C=CC(C[C@H](N)C(=O)O)=CC1. The van der Waals surface area contributed by atoms with Crippen molar-refractivity contribution in [1.82, 2.24) is 0 Å². The van der Waals surface area contributed by atoms with E-state index in [0.29, 0.717) is 5.57 Å². The topological polar surface area (TPSA) is 124 Å². The molecule has 0 aromatic rings. The number of carbonyl (C=O) groups is 2. The molecular formula is C11H14N2O5. The van der Waals surface area contributed by atoms with Gasteiger partial charge in [0.05, 0.1) is 0 Å². The Morgan fingerprint density at radius 1 is 1.67 bits per heavy atom. The van der Waals surface area contributed by atoms with Gasteiger partial charge in [-0.1, -0.05) is 12.2 Å². The fourth-order valence-electron chi connectivity index (χ4n) is 1.69. The van der Waals surface area contributed by atoms with Gasteiger partial charge in [-0.15, -0.1) is 0 Å². The fourth-order valence-corrected chi connectivity index (χ4v) is 1.69. The summed E-state index contributed by atoms with van der Waals surface area (Å²) in [4.78, 5) is 32.2. The number of carboxylic acid groups (broad SMARTS) is 1. The van der Waals surface area contributed by atoms with Crippen LogP contribution in [-0.2, 0) is 9.59 Å². The lowest BCUT2D eigenvalue weighted by molar-refractivity contribution is -0.537. The van der Waals surface area contributed by atoms with E-state index in [1.807, 2.05) is 0 Å². The summed E-state index contributed by atoms with van der Waals surface area (Å²) in [6.07, 6.45) is 4.10. The van der Waals surface area contributed by atoms with E-state index in [1.54, 1.807) is 0 Å². The van der Waals surface area contributed by atoms with Gasteiger partial charge in [-0.2, -0.15) is 0 Å². The fraction of sp³-hybridized carbons (Fsp3) is 0.455. The normalized spacial score (nSPS) is 24.2. The number of nitro groups is 1. The number of carbonyl (C=O) groups excluding carboxylic acids is 1. The number of nitrogens with two attached hydrogens (primary N) is 1. The average Bonchev–Trinajstić information content (AvgIpc) is 2.29. The van der Waals surface area contributed by atoms with Crippen LogP contribution in [0.5, 0.6) is 0 Å². The van der Waals surface area contributed by atoms with Crippen LogP contribution in [0.2, 0.25) is 0 Å². The molecule has 0 saturated carbocycles. The molecule has 1 aliphatic rings. The Labute approximate surface area is 103 Å². The second-order valence-electron chi connectivity index (χ2n) is 4.20. The van der Waals surface area contributed by atoms with Crippen molar-refractivity contribution < 1.29 is 19.6 Å². The van der Waals surface area contributed by atoms with Crippen molar-refractivity contribution in [2.24, 2.45) is 5.73 Å². The Morgan fingerprint density at radius 2 is 2.28 bits per heavy atom. The Bertz CT molecular complexity index is 438. The van der Waals surface area contributed by atoms with E-state index in [1.165, 1.54) is 18.2 Å². The highest BCUT2D eigenvalue weighted by Crippen LogP contribution is 2.26. The first-order chi connectivity index (χ1) is 8.29. The quantitative estimate of drug-likeness (QED) is 0.536. The van der Waals surface area contributed by atoms with E-state index in [4.69, 9.17) is 10.8 Å². The molecule has 0 saturated heterocycles. The molecule has 7 nitrogen and oxygen atoms in total. The molecule has 1 rings (SSSR count). The van der Waals surface area contributed by atoms with Crippen LogP contribution in [0, 0.1) is 10.1 Å². The molecule has 98 valence electrons. The third-order valence-electron chi connectivity index (χ3n) is 2.96. The highest BCUT2D eigenvalue weighted by Gasteiger charge is 2.45. The number of rotatable bonds is 5. The van der Waals surface area contributed by atoms with Crippen LogP contribution in [0.4, 0.5) is 0 Å². The van der Waals surface area contributed by atoms with Gasteiger partial charge in [-0.05, 0) is 12.0 Å². The molecule has 0 radical (unpaired) electrons. The second kappa shape index (κ2) is 5.09. The lowest BCUT2D eigenvalue weighted by Gasteiger charge is -2.21. The average molecular weight is 254 g/mol. The molecule has 18 heavy (non-hydrogen) atoms. The van der Waals surface area contributed by atoms with Crippen molar-refractivity contribution in [1.29, 1.82) is 0 Å². The zero-order valence-corrected chi connectivity index (χ0v) is 9.83. The van der Waals surface area contributed by atoms with Gasteiger partial charge in [-0.25, -0.2) is 0 Å². The molecule has 0 fully saturated rings. The number of Topliss-reactive ketones (excluding diaryl/α,β-unsaturated/α-hetero) is 1. The van der Waals surface area contributed by atoms with Crippen molar-refractivity contribution in [3.63, 3.8) is 0 Å². The smallest absolute Gasteiger partial charge is 0.320 e. The van der Waals surface area contributed by atoms with E-state index >= 15 is 0 Å². The maximum atomic E-state index is 11.4. The third kappa shape index (κ3) is 2.62. The van der Waals surface area contributed by atoms with Crippen LogP contribution >= 0.6 is 0 Å². The first kappa shape index (κ1) is 14.0. The monoisotopic (exact) mass is 254 g/mol. The van der Waals surface area contributed by atoms with Crippen LogP contribution in [0.1, 0.15) is 19.8 Å². The van der Waals surface area contributed by atoms with Crippen LogP contribution in [0.15, 0.2) is 23.8 Å². The maximum Gasteiger partial charge on any atom is 0.320 e. The van der Waals surface area contributed by atoms with Crippen molar-refractivity contribution in [3.8, 4) is 0 Å². The van der Waals surface area contributed by atoms with E-state index in [9.17, 15) is 19.7 Å². The maximum absolute atomic E-state index is 11.4. The number of ketones is 1.